The summed E-state index contributed by atoms with van der Waals surface area (Å²) in [6, 6.07) is 21.0. The molecule has 2 aromatic carbocycles. The summed E-state index contributed by atoms with van der Waals surface area (Å²) in [5.41, 5.74) is 0. The van der Waals surface area contributed by atoms with Crippen LogP contribution >= 0.6 is 7.14 Å². The number of hydrogen-bond donors (Lipinski definition) is 0. The van der Waals surface area contributed by atoms with Gasteiger partial charge in [0.25, 0.3) is 0 Å². The van der Waals surface area contributed by atoms with E-state index in [2.05, 4.69) is 6.07 Å². The first-order valence-corrected chi connectivity index (χ1v) is 7.74. The molecule has 90 valence electrons. The molecule has 0 heterocycles. The van der Waals surface area contributed by atoms with E-state index < -0.39 is 7.14 Å². The topological polar surface area (TPSA) is 40.9 Å². The molecule has 0 radical (unpaired) electrons. The minimum absolute atomic E-state index is 0.307. The van der Waals surface area contributed by atoms with Crippen LogP contribution in [0.1, 0.15) is 6.42 Å². The summed E-state index contributed by atoms with van der Waals surface area (Å²) in [5, 5.41) is 10.4. The number of nitrogens with zero attached hydrogens (tertiary/aromatic N) is 1. The third-order valence-corrected chi connectivity index (χ3v) is 6.00. The second kappa shape index (κ2) is 5.67. The zero-order valence-electron chi connectivity index (χ0n) is 9.99. The largest absolute Gasteiger partial charge is 0.314 e. The van der Waals surface area contributed by atoms with E-state index in [9.17, 15) is 4.57 Å². The van der Waals surface area contributed by atoms with Crippen LogP contribution in [0.2, 0.25) is 0 Å². The highest BCUT2D eigenvalue weighted by atomic mass is 31.2. The van der Waals surface area contributed by atoms with Gasteiger partial charge in [-0.25, -0.2) is 0 Å². The Labute approximate surface area is 107 Å². The van der Waals surface area contributed by atoms with Crippen LogP contribution in [0, 0.1) is 11.3 Å². The van der Waals surface area contributed by atoms with E-state index in [-0.39, 0.29) is 0 Å². The predicted octanol–water partition coefficient (Wildman–Crippen LogP) is 2.91. The van der Waals surface area contributed by atoms with Crippen LogP contribution in [0.5, 0.6) is 0 Å². The minimum atomic E-state index is -2.66. The molecule has 2 nitrogen and oxygen atoms in total. The van der Waals surface area contributed by atoms with Gasteiger partial charge < -0.3 is 4.57 Å². The first kappa shape index (κ1) is 12.6. The smallest absolute Gasteiger partial charge is 0.144 e. The highest BCUT2D eigenvalue weighted by Crippen LogP contribution is 2.43. The molecule has 0 N–H and O–H groups in total. The lowest BCUT2D eigenvalue weighted by molar-refractivity contribution is 0.587. The zero-order chi connectivity index (χ0) is 12.8. The van der Waals surface area contributed by atoms with Crippen LogP contribution in [-0.2, 0) is 4.57 Å². The fourth-order valence-corrected chi connectivity index (χ4v) is 4.49. The fourth-order valence-electron chi connectivity index (χ4n) is 1.95. The quantitative estimate of drug-likeness (QED) is 0.788. The lowest BCUT2D eigenvalue weighted by Crippen LogP contribution is -2.18. The Morgan fingerprint density at radius 2 is 1.33 bits per heavy atom. The molecule has 2 aromatic rings. The Hall–Kier alpha value is -1.84. The molecule has 2 rings (SSSR count). The summed E-state index contributed by atoms with van der Waals surface area (Å²) in [7, 11) is -2.66. The van der Waals surface area contributed by atoms with Crippen LogP contribution in [0.15, 0.2) is 60.7 Å². The van der Waals surface area contributed by atoms with E-state index in [1.165, 1.54) is 0 Å². The molecule has 0 saturated carbocycles. The fraction of sp³-hybridized carbons (Fsp3) is 0.133. The van der Waals surface area contributed by atoms with Crippen molar-refractivity contribution >= 4 is 17.8 Å². The maximum atomic E-state index is 13.2. The molecule has 18 heavy (non-hydrogen) atoms. The molecular weight excluding hydrogens is 241 g/mol. The monoisotopic (exact) mass is 255 g/mol. The van der Waals surface area contributed by atoms with Crippen LogP contribution in [0.4, 0.5) is 0 Å². The second-order valence-electron chi connectivity index (χ2n) is 4.04. The van der Waals surface area contributed by atoms with Gasteiger partial charge in [-0.15, -0.1) is 0 Å². The van der Waals surface area contributed by atoms with E-state index in [0.29, 0.717) is 12.6 Å². The molecule has 0 aliphatic carbocycles. The molecule has 0 aliphatic rings. The Balaban J connectivity index is 2.49. The van der Waals surface area contributed by atoms with Crippen molar-refractivity contribution in [3.05, 3.63) is 60.7 Å². The Morgan fingerprint density at radius 1 is 0.889 bits per heavy atom. The third-order valence-electron chi connectivity index (χ3n) is 2.89. The van der Waals surface area contributed by atoms with Crippen LogP contribution in [-0.4, -0.2) is 6.16 Å². The normalized spacial score (nSPS) is 10.8. The summed E-state index contributed by atoms with van der Waals surface area (Å²) in [4.78, 5) is 0. The summed E-state index contributed by atoms with van der Waals surface area (Å²) in [5.74, 6) is 0. The van der Waals surface area contributed by atoms with E-state index in [0.717, 1.165) is 10.6 Å². The lowest BCUT2D eigenvalue weighted by atomic mass is 10.4. The van der Waals surface area contributed by atoms with Crippen molar-refractivity contribution in [1.29, 1.82) is 5.26 Å². The van der Waals surface area contributed by atoms with E-state index in [1.54, 1.807) is 0 Å². The molecule has 0 saturated heterocycles. The number of rotatable bonds is 4. The summed E-state index contributed by atoms with van der Waals surface area (Å²) >= 11 is 0. The van der Waals surface area contributed by atoms with Gasteiger partial charge in [0.1, 0.15) is 7.14 Å². The third kappa shape index (κ3) is 2.53. The van der Waals surface area contributed by atoms with Crippen molar-refractivity contribution in [2.24, 2.45) is 0 Å². The molecule has 0 bridgehead atoms. The average molecular weight is 255 g/mol. The van der Waals surface area contributed by atoms with Gasteiger partial charge in [-0.2, -0.15) is 5.26 Å². The van der Waals surface area contributed by atoms with Crippen LogP contribution in [0.25, 0.3) is 0 Å². The second-order valence-corrected chi connectivity index (χ2v) is 7.00. The van der Waals surface area contributed by atoms with Crippen molar-refractivity contribution in [2.45, 2.75) is 6.42 Å². The first-order valence-electron chi connectivity index (χ1n) is 5.84. The van der Waals surface area contributed by atoms with Gasteiger partial charge in [0.15, 0.2) is 0 Å². The lowest BCUT2D eigenvalue weighted by Gasteiger charge is -2.17. The van der Waals surface area contributed by atoms with E-state index >= 15 is 0 Å². The Kier molecular flexibility index (Phi) is 3.97. The standard InChI is InChI=1S/C15H14NOP/c16-12-7-13-18(17,14-8-3-1-4-9-14)15-10-5-2-6-11-15/h1-6,8-11H,7,13H2. The maximum Gasteiger partial charge on any atom is 0.144 e. The molecular formula is C15H14NOP. The summed E-state index contributed by atoms with van der Waals surface area (Å²) in [6.45, 7) is 0. The average Bonchev–Trinajstić information content (AvgIpc) is 2.46. The molecule has 0 aliphatic heterocycles. The Bertz CT molecular complexity index is 543. The Morgan fingerprint density at radius 3 is 1.72 bits per heavy atom. The number of nitriles is 1. The van der Waals surface area contributed by atoms with Gasteiger partial charge in [-0.1, -0.05) is 60.7 Å². The molecule has 0 amide bonds. The maximum absolute atomic E-state index is 13.2. The van der Waals surface area contributed by atoms with Crippen LogP contribution in [0.3, 0.4) is 0 Å². The molecule has 0 unspecified atom stereocenters. The highest BCUT2D eigenvalue weighted by Gasteiger charge is 2.26. The highest BCUT2D eigenvalue weighted by molar-refractivity contribution is 7.78. The van der Waals surface area contributed by atoms with Gasteiger partial charge in [0.2, 0.25) is 0 Å². The predicted molar refractivity (Wildman–Crippen MR) is 74.9 cm³/mol. The van der Waals surface area contributed by atoms with Gasteiger partial charge in [0.05, 0.1) is 6.07 Å². The zero-order valence-corrected chi connectivity index (χ0v) is 10.9. The van der Waals surface area contributed by atoms with Crippen molar-refractivity contribution in [3.8, 4) is 6.07 Å². The van der Waals surface area contributed by atoms with Crippen molar-refractivity contribution in [1.82, 2.24) is 0 Å². The van der Waals surface area contributed by atoms with Gasteiger partial charge in [-0.3, -0.25) is 0 Å². The molecule has 3 heteroatoms. The van der Waals surface area contributed by atoms with Crippen molar-refractivity contribution in [3.63, 3.8) is 0 Å². The van der Waals surface area contributed by atoms with Gasteiger partial charge in [0, 0.05) is 23.2 Å². The first-order chi connectivity index (χ1) is 8.77. The SMILES string of the molecule is N#CCCP(=O)(c1ccccc1)c1ccccc1. The van der Waals surface area contributed by atoms with E-state index in [4.69, 9.17) is 5.26 Å². The molecule has 0 spiro atoms. The van der Waals surface area contributed by atoms with Crippen molar-refractivity contribution in [2.75, 3.05) is 6.16 Å². The minimum Gasteiger partial charge on any atom is -0.314 e. The number of benzene rings is 2. The van der Waals surface area contributed by atoms with Crippen molar-refractivity contribution < 1.29 is 4.57 Å². The molecule has 0 aromatic heterocycles. The summed E-state index contributed by atoms with van der Waals surface area (Å²) < 4.78 is 13.2. The van der Waals surface area contributed by atoms with Gasteiger partial charge >= 0.3 is 0 Å². The number of hydrogen-bond acceptors (Lipinski definition) is 2. The van der Waals surface area contributed by atoms with Crippen LogP contribution < -0.4 is 10.6 Å². The van der Waals surface area contributed by atoms with E-state index in [1.807, 2.05) is 60.7 Å². The molecule has 0 atom stereocenters. The summed E-state index contributed by atoms with van der Waals surface area (Å²) in [6.07, 6.45) is 0.707. The van der Waals surface area contributed by atoms with Gasteiger partial charge in [-0.05, 0) is 0 Å². The molecule has 0 fully saturated rings.